The molecule has 0 aromatic carbocycles. The van der Waals surface area contributed by atoms with E-state index in [1.807, 2.05) is 0 Å². The predicted octanol–water partition coefficient (Wildman–Crippen LogP) is 0.107. The van der Waals surface area contributed by atoms with Crippen LogP contribution in [-0.2, 0) is 14.3 Å². The zero-order chi connectivity index (χ0) is 13.3. The van der Waals surface area contributed by atoms with E-state index >= 15 is 0 Å². The molecule has 2 atom stereocenters. The smallest absolute Gasteiger partial charge is 0.230 e. The summed E-state index contributed by atoms with van der Waals surface area (Å²) in [6.07, 6.45) is 2.73. The van der Waals surface area contributed by atoms with E-state index in [2.05, 4.69) is 10.2 Å². The van der Waals surface area contributed by atoms with Gasteiger partial charge in [0.15, 0.2) is 0 Å². The van der Waals surface area contributed by atoms with Gasteiger partial charge >= 0.3 is 0 Å². The molecule has 0 bridgehead atoms. The Balaban J connectivity index is 1.60. The fourth-order valence-corrected chi connectivity index (χ4v) is 3.41. The molecule has 19 heavy (non-hydrogen) atoms. The molecule has 108 valence electrons. The summed E-state index contributed by atoms with van der Waals surface area (Å²) in [5.74, 6) is 1.41. The Hall–Kier alpha value is -0.650. The van der Waals surface area contributed by atoms with Crippen LogP contribution in [0.2, 0.25) is 0 Å². The number of carbonyl (C=O) groups is 1. The first-order valence-corrected chi connectivity index (χ1v) is 7.32. The number of hydrogen-bond acceptors (Lipinski definition) is 4. The number of fused-ring (bicyclic) bond motifs is 1. The van der Waals surface area contributed by atoms with Crippen LogP contribution in [0.4, 0.5) is 0 Å². The van der Waals surface area contributed by atoms with E-state index in [-0.39, 0.29) is 11.3 Å². The summed E-state index contributed by atoms with van der Waals surface area (Å²) < 4.78 is 10.6. The topological polar surface area (TPSA) is 50.8 Å². The second-order valence-corrected chi connectivity index (χ2v) is 6.25. The normalized spacial score (nSPS) is 34.5. The van der Waals surface area contributed by atoms with Gasteiger partial charge in [-0.1, -0.05) is 0 Å². The fraction of sp³-hybridized carbons (Fsp3) is 0.929. The summed E-state index contributed by atoms with van der Waals surface area (Å²) in [5, 5.41) is 3.01. The Morgan fingerprint density at radius 1 is 1.53 bits per heavy atom. The minimum atomic E-state index is -0.303. The summed E-state index contributed by atoms with van der Waals surface area (Å²) in [4.78, 5) is 15.0. The Morgan fingerprint density at radius 3 is 3.11 bits per heavy atom. The number of carbonyl (C=O) groups excluding carboxylic acids is 1. The van der Waals surface area contributed by atoms with Gasteiger partial charge in [0.2, 0.25) is 5.91 Å². The van der Waals surface area contributed by atoms with Crippen LogP contribution in [0.15, 0.2) is 0 Å². The first-order chi connectivity index (χ1) is 9.24. The maximum Gasteiger partial charge on any atom is 0.230 e. The van der Waals surface area contributed by atoms with Gasteiger partial charge in [-0.25, -0.2) is 0 Å². The minimum absolute atomic E-state index is 0.158. The van der Waals surface area contributed by atoms with Crippen LogP contribution in [0.25, 0.3) is 0 Å². The number of nitrogens with one attached hydrogen (secondary N) is 1. The van der Waals surface area contributed by atoms with E-state index in [0.717, 1.165) is 25.6 Å². The lowest BCUT2D eigenvalue weighted by Gasteiger charge is -2.26. The quantitative estimate of drug-likeness (QED) is 0.695. The minimum Gasteiger partial charge on any atom is -0.383 e. The van der Waals surface area contributed by atoms with E-state index < -0.39 is 0 Å². The third kappa shape index (κ3) is 2.64. The van der Waals surface area contributed by atoms with Crippen LogP contribution in [0.1, 0.15) is 12.8 Å². The molecule has 2 aliphatic heterocycles. The lowest BCUT2D eigenvalue weighted by atomic mass is 9.80. The molecule has 1 amide bonds. The SMILES string of the molecule is COCCNC(=O)[C@@]12COC[C@@H]1CN(CC1CC1)C2. The number of nitrogens with zero attached hydrogens (tertiary/aromatic N) is 1. The first kappa shape index (κ1) is 13.3. The van der Waals surface area contributed by atoms with Gasteiger partial charge in [0.1, 0.15) is 0 Å². The van der Waals surface area contributed by atoms with Crippen LogP contribution >= 0.6 is 0 Å². The number of ether oxygens (including phenoxy) is 2. The molecule has 3 rings (SSSR count). The Morgan fingerprint density at radius 2 is 2.37 bits per heavy atom. The Bertz CT molecular complexity index is 346. The van der Waals surface area contributed by atoms with Gasteiger partial charge in [0.05, 0.1) is 25.2 Å². The highest BCUT2D eigenvalue weighted by atomic mass is 16.5. The van der Waals surface area contributed by atoms with E-state index in [1.54, 1.807) is 7.11 Å². The van der Waals surface area contributed by atoms with E-state index in [4.69, 9.17) is 9.47 Å². The molecule has 3 fully saturated rings. The molecule has 1 N–H and O–H groups in total. The third-order valence-electron chi connectivity index (χ3n) is 4.70. The van der Waals surface area contributed by atoms with Gasteiger partial charge in [-0.3, -0.25) is 4.79 Å². The van der Waals surface area contributed by atoms with Crippen molar-refractivity contribution in [2.45, 2.75) is 12.8 Å². The maximum absolute atomic E-state index is 12.5. The van der Waals surface area contributed by atoms with Gasteiger partial charge < -0.3 is 19.7 Å². The van der Waals surface area contributed by atoms with Crippen molar-refractivity contribution in [2.24, 2.45) is 17.3 Å². The number of likely N-dealkylation sites (tertiary alicyclic amines) is 1. The van der Waals surface area contributed by atoms with Crippen molar-refractivity contribution in [1.82, 2.24) is 10.2 Å². The van der Waals surface area contributed by atoms with Crippen molar-refractivity contribution in [2.75, 3.05) is 53.1 Å². The molecule has 0 radical (unpaired) electrons. The summed E-state index contributed by atoms with van der Waals surface area (Å²) in [7, 11) is 1.65. The average Bonchev–Trinajstić information content (AvgIpc) is 2.98. The van der Waals surface area contributed by atoms with Crippen LogP contribution in [0.3, 0.4) is 0 Å². The highest BCUT2D eigenvalue weighted by Gasteiger charge is 2.55. The lowest BCUT2D eigenvalue weighted by Crippen LogP contribution is -2.47. The largest absolute Gasteiger partial charge is 0.383 e. The molecule has 2 saturated heterocycles. The summed E-state index contributed by atoms with van der Waals surface area (Å²) in [5.41, 5.74) is -0.303. The third-order valence-corrected chi connectivity index (χ3v) is 4.70. The van der Waals surface area contributed by atoms with Crippen LogP contribution in [-0.4, -0.2) is 63.9 Å². The lowest BCUT2D eigenvalue weighted by molar-refractivity contribution is -0.131. The second-order valence-electron chi connectivity index (χ2n) is 6.25. The summed E-state index contributed by atoms with van der Waals surface area (Å²) in [6.45, 7) is 5.53. The standard InChI is InChI=1S/C14H24N2O3/c1-18-5-4-15-13(17)14-9-16(6-11-2-3-11)7-12(14)8-19-10-14/h11-12H,2-10H2,1H3,(H,15,17)/t12-,14-/m0/s1. The molecule has 0 spiro atoms. The summed E-state index contributed by atoms with van der Waals surface area (Å²) >= 11 is 0. The van der Waals surface area contributed by atoms with Crippen molar-refractivity contribution >= 4 is 5.91 Å². The average molecular weight is 268 g/mol. The van der Waals surface area contributed by atoms with E-state index in [1.165, 1.54) is 19.4 Å². The molecule has 1 aliphatic carbocycles. The number of methoxy groups -OCH3 is 1. The van der Waals surface area contributed by atoms with Gasteiger partial charge in [0, 0.05) is 39.2 Å². The van der Waals surface area contributed by atoms with Gasteiger partial charge in [-0.15, -0.1) is 0 Å². The van der Waals surface area contributed by atoms with E-state index in [9.17, 15) is 4.79 Å². The van der Waals surface area contributed by atoms with Crippen molar-refractivity contribution in [3.05, 3.63) is 0 Å². The monoisotopic (exact) mass is 268 g/mol. The van der Waals surface area contributed by atoms with E-state index in [0.29, 0.717) is 25.7 Å². The molecule has 5 heteroatoms. The van der Waals surface area contributed by atoms with Crippen molar-refractivity contribution in [3.8, 4) is 0 Å². The number of amides is 1. The molecule has 1 saturated carbocycles. The molecule has 2 heterocycles. The fourth-order valence-electron chi connectivity index (χ4n) is 3.41. The molecule has 0 unspecified atom stereocenters. The van der Waals surface area contributed by atoms with Crippen molar-refractivity contribution in [3.63, 3.8) is 0 Å². The number of rotatable bonds is 6. The van der Waals surface area contributed by atoms with Crippen molar-refractivity contribution < 1.29 is 14.3 Å². The van der Waals surface area contributed by atoms with Gasteiger partial charge in [-0.2, -0.15) is 0 Å². The van der Waals surface area contributed by atoms with Crippen LogP contribution in [0.5, 0.6) is 0 Å². The zero-order valence-electron chi connectivity index (χ0n) is 11.7. The number of hydrogen-bond donors (Lipinski definition) is 1. The van der Waals surface area contributed by atoms with Crippen LogP contribution in [0, 0.1) is 17.3 Å². The first-order valence-electron chi connectivity index (χ1n) is 7.32. The highest BCUT2D eigenvalue weighted by molar-refractivity contribution is 5.84. The highest BCUT2D eigenvalue weighted by Crippen LogP contribution is 2.43. The molecule has 0 aromatic heterocycles. The molecular formula is C14H24N2O3. The molecule has 0 aromatic rings. The second kappa shape index (κ2) is 5.38. The van der Waals surface area contributed by atoms with Crippen LogP contribution < -0.4 is 5.32 Å². The zero-order valence-corrected chi connectivity index (χ0v) is 11.7. The molecule has 5 nitrogen and oxygen atoms in total. The van der Waals surface area contributed by atoms with Crippen molar-refractivity contribution in [1.29, 1.82) is 0 Å². The molecule has 3 aliphatic rings. The maximum atomic E-state index is 12.5. The predicted molar refractivity (Wildman–Crippen MR) is 70.8 cm³/mol. The van der Waals surface area contributed by atoms with Gasteiger partial charge in [0.25, 0.3) is 0 Å². The Kier molecular flexibility index (Phi) is 3.78. The summed E-state index contributed by atoms with van der Waals surface area (Å²) in [6, 6.07) is 0. The molecular weight excluding hydrogens is 244 g/mol. The van der Waals surface area contributed by atoms with Gasteiger partial charge in [-0.05, 0) is 18.8 Å². The Labute approximate surface area is 114 Å².